The minimum absolute atomic E-state index is 0.185. The van der Waals surface area contributed by atoms with Crippen LogP contribution in [-0.4, -0.2) is 36.0 Å². The van der Waals surface area contributed by atoms with E-state index >= 15 is 0 Å². The van der Waals surface area contributed by atoms with Crippen LogP contribution in [0.15, 0.2) is 24.3 Å². The highest BCUT2D eigenvalue weighted by atomic mass is 16.3. The van der Waals surface area contributed by atoms with E-state index in [1.165, 1.54) is 18.2 Å². The van der Waals surface area contributed by atoms with E-state index in [1.807, 2.05) is 31.2 Å². The quantitative estimate of drug-likeness (QED) is 0.591. The van der Waals surface area contributed by atoms with Crippen molar-refractivity contribution in [3.63, 3.8) is 0 Å². The fourth-order valence-electron chi connectivity index (χ4n) is 1.36. The standard InChI is InChI=1S/C12H19NO2.CH5N/c1-10-2-4-11(5-3-10)6-7-12(13,8-14)9-15;1-2/h2-5,14-15H,6-9,13H2,1H3;2H2,1H3. The van der Waals surface area contributed by atoms with Crippen LogP contribution in [0.5, 0.6) is 0 Å². The van der Waals surface area contributed by atoms with Crippen LogP contribution < -0.4 is 11.5 Å². The highest BCUT2D eigenvalue weighted by molar-refractivity contribution is 5.21. The van der Waals surface area contributed by atoms with Crippen LogP contribution in [0.3, 0.4) is 0 Å². The molecule has 0 aliphatic rings. The summed E-state index contributed by atoms with van der Waals surface area (Å²) in [6.07, 6.45) is 1.36. The Balaban J connectivity index is 0.00000121. The van der Waals surface area contributed by atoms with E-state index in [9.17, 15) is 0 Å². The molecule has 0 saturated heterocycles. The minimum atomic E-state index is -0.856. The molecule has 0 saturated carbocycles. The van der Waals surface area contributed by atoms with Gasteiger partial charge in [0.05, 0.1) is 18.8 Å². The maximum atomic E-state index is 9.02. The molecule has 4 heteroatoms. The Bertz CT molecular complexity index is 295. The second kappa shape index (κ2) is 8.20. The Morgan fingerprint density at radius 1 is 1.06 bits per heavy atom. The highest BCUT2D eigenvalue weighted by Crippen LogP contribution is 2.12. The van der Waals surface area contributed by atoms with Crippen molar-refractivity contribution in [1.29, 1.82) is 0 Å². The maximum absolute atomic E-state index is 9.02. The molecular weight excluding hydrogens is 216 g/mol. The van der Waals surface area contributed by atoms with Crippen LogP contribution >= 0.6 is 0 Å². The largest absolute Gasteiger partial charge is 0.394 e. The Hall–Kier alpha value is -0.940. The van der Waals surface area contributed by atoms with E-state index in [2.05, 4.69) is 5.73 Å². The van der Waals surface area contributed by atoms with Gasteiger partial charge in [0.15, 0.2) is 0 Å². The summed E-state index contributed by atoms with van der Waals surface area (Å²) in [4.78, 5) is 0. The van der Waals surface area contributed by atoms with Crippen LogP contribution in [0.1, 0.15) is 17.5 Å². The first kappa shape index (κ1) is 16.1. The molecule has 4 nitrogen and oxygen atoms in total. The molecule has 0 aliphatic heterocycles. The Morgan fingerprint density at radius 3 is 1.94 bits per heavy atom. The van der Waals surface area contributed by atoms with Crippen molar-refractivity contribution in [3.8, 4) is 0 Å². The monoisotopic (exact) mass is 240 g/mol. The Morgan fingerprint density at radius 2 is 1.53 bits per heavy atom. The zero-order valence-electron chi connectivity index (χ0n) is 10.7. The third-order valence-corrected chi connectivity index (χ3v) is 2.66. The van der Waals surface area contributed by atoms with E-state index in [-0.39, 0.29) is 13.2 Å². The number of rotatable bonds is 5. The van der Waals surface area contributed by atoms with Crippen molar-refractivity contribution < 1.29 is 10.2 Å². The molecule has 0 fully saturated rings. The van der Waals surface area contributed by atoms with Gasteiger partial charge in [0.2, 0.25) is 0 Å². The van der Waals surface area contributed by atoms with Gasteiger partial charge in [-0.25, -0.2) is 0 Å². The van der Waals surface area contributed by atoms with Crippen LogP contribution in [-0.2, 0) is 6.42 Å². The average Bonchev–Trinajstić information content (AvgIpc) is 2.40. The lowest BCUT2D eigenvalue weighted by molar-refractivity contribution is 0.115. The highest BCUT2D eigenvalue weighted by Gasteiger charge is 2.22. The normalized spacial score (nSPS) is 10.7. The third kappa shape index (κ3) is 5.79. The van der Waals surface area contributed by atoms with Gasteiger partial charge in [-0.3, -0.25) is 0 Å². The number of aliphatic hydroxyl groups is 2. The van der Waals surface area contributed by atoms with Gasteiger partial charge in [0.25, 0.3) is 0 Å². The molecule has 1 rings (SSSR count). The third-order valence-electron chi connectivity index (χ3n) is 2.66. The lowest BCUT2D eigenvalue weighted by atomic mass is 9.94. The molecule has 0 radical (unpaired) electrons. The number of hydrogen-bond donors (Lipinski definition) is 4. The van der Waals surface area contributed by atoms with E-state index < -0.39 is 5.54 Å². The summed E-state index contributed by atoms with van der Waals surface area (Å²) >= 11 is 0. The smallest absolute Gasteiger partial charge is 0.0633 e. The van der Waals surface area contributed by atoms with E-state index in [1.54, 1.807) is 0 Å². The van der Waals surface area contributed by atoms with Crippen LogP contribution in [0.2, 0.25) is 0 Å². The molecule has 0 unspecified atom stereocenters. The lowest BCUT2D eigenvalue weighted by Crippen LogP contribution is -2.47. The van der Waals surface area contributed by atoms with Gasteiger partial charge in [-0.1, -0.05) is 29.8 Å². The predicted molar refractivity (Wildman–Crippen MR) is 70.7 cm³/mol. The molecule has 0 amide bonds. The van der Waals surface area contributed by atoms with Crippen LogP contribution in [0.25, 0.3) is 0 Å². The first-order valence-electron chi connectivity index (χ1n) is 5.73. The van der Waals surface area contributed by atoms with E-state index in [4.69, 9.17) is 15.9 Å². The number of benzene rings is 1. The molecule has 0 spiro atoms. The first-order valence-corrected chi connectivity index (χ1v) is 5.73. The van der Waals surface area contributed by atoms with Gasteiger partial charge in [-0.15, -0.1) is 0 Å². The summed E-state index contributed by atoms with van der Waals surface area (Å²) in [6.45, 7) is 1.67. The summed E-state index contributed by atoms with van der Waals surface area (Å²) in [5.74, 6) is 0. The number of aliphatic hydroxyl groups excluding tert-OH is 2. The summed E-state index contributed by atoms with van der Waals surface area (Å²) < 4.78 is 0. The molecule has 0 atom stereocenters. The van der Waals surface area contributed by atoms with Gasteiger partial charge >= 0.3 is 0 Å². The van der Waals surface area contributed by atoms with Gasteiger partial charge in [0.1, 0.15) is 0 Å². The zero-order chi connectivity index (χ0) is 13.3. The van der Waals surface area contributed by atoms with E-state index in [0.29, 0.717) is 6.42 Å². The predicted octanol–water partition coefficient (Wildman–Crippen LogP) is 0.185. The lowest BCUT2D eigenvalue weighted by Gasteiger charge is -2.24. The first-order chi connectivity index (χ1) is 8.09. The summed E-state index contributed by atoms with van der Waals surface area (Å²) in [6, 6.07) is 8.19. The minimum Gasteiger partial charge on any atom is -0.394 e. The SMILES string of the molecule is CN.Cc1ccc(CCC(N)(CO)CO)cc1. The second-order valence-electron chi connectivity index (χ2n) is 4.16. The van der Waals surface area contributed by atoms with Crippen LogP contribution in [0.4, 0.5) is 0 Å². The van der Waals surface area contributed by atoms with Gasteiger partial charge in [-0.05, 0) is 32.4 Å². The van der Waals surface area contributed by atoms with Gasteiger partial charge in [0, 0.05) is 0 Å². The van der Waals surface area contributed by atoms with Crippen molar-refractivity contribution in [3.05, 3.63) is 35.4 Å². The maximum Gasteiger partial charge on any atom is 0.0633 e. The van der Waals surface area contributed by atoms with Crippen molar-refractivity contribution in [1.82, 2.24) is 0 Å². The van der Waals surface area contributed by atoms with E-state index in [0.717, 1.165) is 6.42 Å². The molecule has 0 heterocycles. The number of aryl methyl sites for hydroxylation is 2. The molecule has 17 heavy (non-hydrogen) atoms. The van der Waals surface area contributed by atoms with Crippen molar-refractivity contribution in [2.24, 2.45) is 11.5 Å². The zero-order valence-corrected chi connectivity index (χ0v) is 10.7. The molecule has 1 aromatic rings. The topological polar surface area (TPSA) is 92.5 Å². The van der Waals surface area contributed by atoms with Crippen molar-refractivity contribution in [2.75, 3.05) is 20.3 Å². The van der Waals surface area contributed by atoms with Gasteiger partial charge < -0.3 is 21.7 Å². The number of hydrogen-bond acceptors (Lipinski definition) is 4. The average molecular weight is 240 g/mol. The Labute approximate surface area is 103 Å². The molecule has 0 bridgehead atoms. The number of nitrogens with two attached hydrogens (primary N) is 2. The molecule has 1 aromatic carbocycles. The fraction of sp³-hybridized carbons (Fsp3) is 0.538. The summed E-state index contributed by atoms with van der Waals surface area (Å²) in [5.41, 5.74) is 11.8. The molecular formula is C13H24N2O2. The van der Waals surface area contributed by atoms with Gasteiger partial charge in [-0.2, -0.15) is 0 Å². The van der Waals surface area contributed by atoms with Crippen molar-refractivity contribution in [2.45, 2.75) is 25.3 Å². The summed E-state index contributed by atoms with van der Waals surface area (Å²) in [7, 11) is 1.50. The molecule has 0 aliphatic carbocycles. The molecule has 98 valence electrons. The fourth-order valence-corrected chi connectivity index (χ4v) is 1.36. The Kier molecular flexibility index (Phi) is 7.74. The second-order valence-corrected chi connectivity index (χ2v) is 4.16. The molecule has 6 N–H and O–H groups in total. The van der Waals surface area contributed by atoms with Crippen LogP contribution in [0, 0.1) is 6.92 Å². The summed E-state index contributed by atoms with van der Waals surface area (Å²) in [5, 5.41) is 18.0. The van der Waals surface area contributed by atoms with Crippen molar-refractivity contribution >= 4 is 0 Å². The molecule has 0 aromatic heterocycles.